The average molecular weight is 508 g/mol. The zero-order valence-electron chi connectivity index (χ0n) is 19.4. The van der Waals surface area contributed by atoms with E-state index in [1.807, 2.05) is 0 Å². The number of hydrogen-bond donors (Lipinski definition) is 2. The smallest absolute Gasteiger partial charge is 0.293 e. The molecule has 1 atom stereocenters. The van der Waals surface area contributed by atoms with Crippen LogP contribution in [-0.2, 0) is 29.9 Å². The molecule has 0 unspecified atom stereocenters. The summed E-state index contributed by atoms with van der Waals surface area (Å²) in [5, 5.41) is 13.8. The molecular formula is C26H25N3O6S. The number of hydrogen-bond acceptors (Lipinski definition) is 6. The van der Waals surface area contributed by atoms with Crippen molar-refractivity contribution in [3.63, 3.8) is 0 Å². The number of nitrogens with zero attached hydrogens (tertiary/aromatic N) is 2. The molecule has 0 bridgehead atoms. The summed E-state index contributed by atoms with van der Waals surface area (Å²) >= 11 is 0. The molecule has 2 fully saturated rings. The van der Waals surface area contributed by atoms with Gasteiger partial charge in [-0.2, -0.15) is 4.31 Å². The number of carbonyl (C=O) groups is 3. The van der Waals surface area contributed by atoms with Crippen LogP contribution < -0.4 is 10.2 Å². The Kier molecular flexibility index (Phi) is 5.80. The average Bonchev–Trinajstić information content (AvgIpc) is 3.30. The minimum Gasteiger partial charge on any atom is -0.507 e. The Morgan fingerprint density at radius 2 is 1.69 bits per heavy atom. The first kappa shape index (κ1) is 24.0. The molecule has 9 nitrogen and oxygen atoms in total. The minimum absolute atomic E-state index is 0.0621. The van der Waals surface area contributed by atoms with Crippen molar-refractivity contribution >= 4 is 39.1 Å². The second-order valence-corrected chi connectivity index (χ2v) is 10.9. The SMILES string of the molecule is C=CCN1C(=O)[C@]2(NC(=O)C(=O)C2=C(O)c2ccc(S(=O)(=O)N3CCCCC3)cc2)c2ccccc21. The highest BCUT2D eigenvalue weighted by molar-refractivity contribution is 7.89. The van der Waals surface area contributed by atoms with Gasteiger partial charge in [0.15, 0.2) is 5.54 Å². The third-order valence-electron chi connectivity index (χ3n) is 6.90. The minimum atomic E-state index is -3.70. The van der Waals surface area contributed by atoms with Crippen molar-refractivity contribution in [1.82, 2.24) is 9.62 Å². The van der Waals surface area contributed by atoms with E-state index in [4.69, 9.17) is 0 Å². The summed E-state index contributed by atoms with van der Waals surface area (Å²) in [5.41, 5.74) is -1.31. The number of aliphatic hydroxyl groups is 1. The lowest BCUT2D eigenvalue weighted by Crippen LogP contribution is -2.49. The molecular weight excluding hydrogens is 482 g/mol. The predicted octanol–water partition coefficient (Wildman–Crippen LogP) is 2.26. The number of carbonyl (C=O) groups excluding carboxylic acids is 3. The Hall–Kier alpha value is -3.76. The maximum Gasteiger partial charge on any atom is 0.293 e. The Bertz CT molecular complexity index is 1420. The van der Waals surface area contributed by atoms with Gasteiger partial charge < -0.3 is 15.3 Å². The molecule has 0 radical (unpaired) electrons. The second-order valence-electron chi connectivity index (χ2n) is 8.97. The quantitative estimate of drug-likeness (QED) is 0.277. The van der Waals surface area contributed by atoms with Crippen LogP contribution in [0.15, 0.2) is 71.7 Å². The van der Waals surface area contributed by atoms with E-state index in [0.717, 1.165) is 19.3 Å². The van der Waals surface area contributed by atoms with E-state index >= 15 is 0 Å². The van der Waals surface area contributed by atoms with Crippen molar-refractivity contribution in [1.29, 1.82) is 0 Å². The van der Waals surface area contributed by atoms with Crippen molar-refractivity contribution in [2.75, 3.05) is 24.5 Å². The number of benzene rings is 2. The van der Waals surface area contributed by atoms with Crippen molar-refractivity contribution in [2.45, 2.75) is 29.7 Å². The van der Waals surface area contributed by atoms with Crippen LogP contribution in [0.1, 0.15) is 30.4 Å². The van der Waals surface area contributed by atoms with Crippen LogP contribution in [0.3, 0.4) is 0 Å². The molecule has 3 aliphatic heterocycles. The number of ketones is 1. The lowest BCUT2D eigenvalue weighted by Gasteiger charge is -2.26. The van der Waals surface area contributed by atoms with E-state index in [0.29, 0.717) is 24.3 Å². The molecule has 2 saturated heterocycles. The number of piperidine rings is 1. The van der Waals surface area contributed by atoms with Crippen molar-refractivity contribution in [3.05, 3.63) is 77.9 Å². The van der Waals surface area contributed by atoms with Gasteiger partial charge in [0.05, 0.1) is 16.2 Å². The summed E-state index contributed by atoms with van der Waals surface area (Å²) in [6.45, 7) is 4.72. The van der Waals surface area contributed by atoms with E-state index < -0.39 is 38.9 Å². The topological polar surface area (TPSA) is 124 Å². The molecule has 3 aliphatic rings. The van der Waals surface area contributed by atoms with Crippen molar-refractivity contribution < 1.29 is 27.9 Å². The number of nitrogens with one attached hydrogen (secondary N) is 1. The van der Waals surface area contributed by atoms with Gasteiger partial charge in [-0.3, -0.25) is 14.4 Å². The Balaban J connectivity index is 1.61. The summed E-state index contributed by atoms with van der Waals surface area (Å²) in [4.78, 5) is 40.7. The molecule has 0 aromatic heterocycles. The number of rotatable bonds is 5. The van der Waals surface area contributed by atoms with Crippen LogP contribution in [0.25, 0.3) is 5.76 Å². The van der Waals surface area contributed by atoms with Gasteiger partial charge in [-0.15, -0.1) is 6.58 Å². The maximum absolute atomic E-state index is 13.7. The highest BCUT2D eigenvalue weighted by atomic mass is 32.2. The summed E-state index contributed by atoms with van der Waals surface area (Å²) in [7, 11) is -3.70. The number of anilines is 1. The Morgan fingerprint density at radius 1 is 1.03 bits per heavy atom. The summed E-state index contributed by atoms with van der Waals surface area (Å²) in [6, 6.07) is 12.2. The number of fused-ring (bicyclic) bond motifs is 2. The van der Waals surface area contributed by atoms with E-state index in [1.165, 1.54) is 39.5 Å². The largest absolute Gasteiger partial charge is 0.507 e. The van der Waals surface area contributed by atoms with Gasteiger partial charge in [0, 0.05) is 30.8 Å². The molecule has 1 spiro atoms. The third-order valence-corrected chi connectivity index (χ3v) is 8.82. The fourth-order valence-electron chi connectivity index (χ4n) is 5.17. The lowest BCUT2D eigenvalue weighted by molar-refractivity contribution is -0.134. The first-order valence-electron chi connectivity index (χ1n) is 11.7. The third kappa shape index (κ3) is 3.40. The van der Waals surface area contributed by atoms with Crippen molar-refractivity contribution in [2.24, 2.45) is 0 Å². The van der Waals surface area contributed by atoms with Crippen LogP contribution in [-0.4, -0.2) is 55.1 Å². The fourth-order valence-corrected chi connectivity index (χ4v) is 6.68. The molecule has 5 rings (SSSR count). The monoisotopic (exact) mass is 507 g/mol. The van der Waals surface area contributed by atoms with Crippen LogP contribution in [0.4, 0.5) is 5.69 Å². The molecule has 186 valence electrons. The van der Waals surface area contributed by atoms with Gasteiger partial charge in [-0.05, 0) is 43.2 Å². The molecule has 10 heteroatoms. The van der Waals surface area contributed by atoms with Gasteiger partial charge in [-0.25, -0.2) is 8.42 Å². The predicted molar refractivity (Wildman–Crippen MR) is 132 cm³/mol. The number of aliphatic hydroxyl groups excluding tert-OH is 1. The molecule has 0 saturated carbocycles. The highest BCUT2D eigenvalue weighted by Gasteiger charge is 2.62. The molecule has 2 amide bonds. The molecule has 0 aliphatic carbocycles. The summed E-state index contributed by atoms with van der Waals surface area (Å²) < 4.78 is 27.4. The van der Waals surface area contributed by atoms with Crippen molar-refractivity contribution in [3.8, 4) is 0 Å². The van der Waals surface area contributed by atoms with Gasteiger partial charge in [-0.1, -0.05) is 30.7 Å². The van der Waals surface area contributed by atoms with E-state index in [1.54, 1.807) is 24.3 Å². The van der Waals surface area contributed by atoms with E-state index in [-0.39, 0.29) is 22.6 Å². The first-order valence-corrected chi connectivity index (χ1v) is 13.1. The van der Waals surface area contributed by atoms with Crippen LogP contribution in [0, 0.1) is 0 Å². The number of sulfonamides is 1. The normalized spacial score (nSPS) is 23.7. The van der Waals surface area contributed by atoms with Gasteiger partial charge in [0.25, 0.3) is 17.6 Å². The Morgan fingerprint density at radius 3 is 2.36 bits per heavy atom. The fraction of sp³-hybridized carbons (Fsp3) is 0.269. The summed E-state index contributed by atoms with van der Waals surface area (Å²) in [6.07, 6.45) is 4.11. The zero-order chi connectivity index (χ0) is 25.7. The van der Waals surface area contributed by atoms with E-state index in [9.17, 15) is 27.9 Å². The molecule has 2 aromatic rings. The number of Topliss-reactive ketones (excluding diaryl/α,β-unsaturated/α-hetero) is 1. The first-order chi connectivity index (χ1) is 17.2. The number of amides is 2. The second kappa shape index (κ2) is 8.72. The van der Waals surface area contributed by atoms with E-state index in [2.05, 4.69) is 11.9 Å². The zero-order valence-corrected chi connectivity index (χ0v) is 20.3. The molecule has 2 aromatic carbocycles. The highest BCUT2D eigenvalue weighted by Crippen LogP contribution is 2.48. The van der Waals surface area contributed by atoms with Gasteiger partial charge in [0.1, 0.15) is 5.76 Å². The maximum atomic E-state index is 13.7. The van der Waals surface area contributed by atoms with Crippen LogP contribution in [0.5, 0.6) is 0 Å². The van der Waals surface area contributed by atoms with Crippen LogP contribution >= 0.6 is 0 Å². The standard InChI is InChI=1S/C26H25N3O6S/c1-2-14-29-20-9-5-4-8-19(20)26(25(29)33)21(23(31)24(32)27-26)22(30)17-10-12-18(13-11-17)36(34,35)28-15-6-3-7-16-28/h2,4-5,8-13,30H,1,3,6-7,14-16H2,(H,27,32)/t26-/m0/s1. The lowest BCUT2D eigenvalue weighted by atomic mass is 9.83. The molecule has 2 N–H and O–H groups in total. The molecule has 36 heavy (non-hydrogen) atoms. The van der Waals surface area contributed by atoms with Crippen LogP contribution in [0.2, 0.25) is 0 Å². The summed E-state index contributed by atoms with van der Waals surface area (Å²) in [5.74, 6) is -3.19. The number of para-hydroxylation sites is 1. The van der Waals surface area contributed by atoms with Gasteiger partial charge >= 0.3 is 0 Å². The molecule has 3 heterocycles. The van der Waals surface area contributed by atoms with Gasteiger partial charge in [0.2, 0.25) is 10.0 Å². The Labute approximate surface area is 208 Å².